The molecule has 5 heteroatoms. The van der Waals surface area contributed by atoms with Crippen molar-refractivity contribution in [2.75, 3.05) is 0 Å². The van der Waals surface area contributed by atoms with Gasteiger partial charge in [-0.2, -0.15) is 0 Å². The molecule has 0 aromatic carbocycles. The number of allylic oxidation sites excluding steroid dienone is 1. The summed E-state index contributed by atoms with van der Waals surface area (Å²) in [6, 6.07) is 1.74. The molecule has 1 heterocycles. The van der Waals surface area contributed by atoms with E-state index in [1.807, 2.05) is 0 Å². The highest BCUT2D eigenvalue weighted by Gasteiger charge is 2.36. The summed E-state index contributed by atoms with van der Waals surface area (Å²) < 4.78 is 5.46. The summed E-state index contributed by atoms with van der Waals surface area (Å²) in [6.07, 6.45) is 0. The van der Waals surface area contributed by atoms with Crippen LogP contribution >= 0.6 is 0 Å². The monoisotopic (exact) mass is 197 g/mol. The lowest BCUT2D eigenvalue weighted by molar-refractivity contribution is 0.0980. The summed E-state index contributed by atoms with van der Waals surface area (Å²) in [5.74, 6) is 0.116. The Morgan fingerprint density at radius 3 is 2.53 bits per heavy atom. The fraction of sp³-hybridized carbons (Fsp3) is 0.300. The Kier molecular flexibility index (Phi) is 2.56. The number of hydrogen-bond donors (Lipinski definition) is 0. The van der Waals surface area contributed by atoms with Crippen LogP contribution in [0.25, 0.3) is 9.69 Å². The van der Waals surface area contributed by atoms with Crippen molar-refractivity contribution in [3.63, 3.8) is 0 Å². The molecule has 0 bridgehead atoms. The molecule has 4 nitrogen and oxygen atoms in total. The Labute approximate surface area is 89.5 Å². The molecule has 0 unspecified atom stereocenters. The Morgan fingerprint density at radius 1 is 1.53 bits per heavy atom. The molecule has 1 aliphatic rings. The molecule has 72 valence electrons. The number of hydrogen-bond acceptors (Lipinski definition) is 2. The molecule has 0 spiro atoms. The van der Waals surface area contributed by atoms with Crippen LogP contribution in [0, 0.1) is 24.5 Å². The minimum atomic E-state index is -0.609. The molecule has 0 aliphatic carbocycles. The van der Waals surface area contributed by atoms with E-state index in [1.54, 1.807) is 27.8 Å². The maximum atomic E-state index is 8.73. The van der Waals surface area contributed by atoms with Crippen molar-refractivity contribution in [3.05, 3.63) is 45.5 Å². The summed E-state index contributed by atoms with van der Waals surface area (Å²) in [5, 5.41) is 8.73. The fourth-order valence-electron chi connectivity index (χ4n) is 1.26. The van der Waals surface area contributed by atoms with Gasteiger partial charge in [-0.05, 0) is 13.8 Å². The van der Waals surface area contributed by atoms with Gasteiger partial charge in [-0.1, -0.05) is 5.47 Å². The zero-order chi connectivity index (χ0) is 11.6. The topological polar surface area (TPSA) is 41.7 Å². The third kappa shape index (κ3) is 1.58. The zero-order valence-corrected chi connectivity index (χ0v) is 8.75. The van der Waals surface area contributed by atoms with E-state index in [9.17, 15) is 0 Å². The number of ether oxygens (including phenoxy) is 1. The minimum Gasteiger partial charge on any atom is -0.507 e. The third-order valence-corrected chi connectivity index (χ3v) is 2.38. The van der Waals surface area contributed by atoms with E-state index in [4.69, 9.17) is 23.1 Å². The van der Waals surface area contributed by atoms with Crippen molar-refractivity contribution < 1.29 is 4.74 Å². The van der Waals surface area contributed by atoms with Gasteiger partial charge in [-0.15, -0.1) is 0 Å². The van der Waals surface area contributed by atoms with Crippen molar-refractivity contribution in [2.45, 2.75) is 19.4 Å². The smallest absolute Gasteiger partial charge is 0.292 e. The summed E-state index contributed by atoms with van der Waals surface area (Å²) in [6.45, 7) is 17.5. The van der Waals surface area contributed by atoms with Crippen molar-refractivity contribution >= 4 is 7.85 Å². The van der Waals surface area contributed by atoms with Crippen LogP contribution in [0.15, 0.2) is 22.6 Å². The van der Waals surface area contributed by atoms with Gasteiger partial charge in [-0.3, -0.25) is 0 Å². The van der Waals surface area contributed by atoms with Gasteiger partial charge in [0.1, 0.15) is 19.2 Å². The van der Waals surface area contributed by atoms with Gasteiger partial charge in [0.05, 0.1) is 19.2 Å². The standard InChI is InChI=1S/C10H8BN3O/c1-10(2)9(11)7(14-4)8(15-10)6(5-12)13-3/h11H2,1-2H3/b8-6+. The second kappa shape index (κ2) is 3.52. The highest BCUT2D eigenvalue weighted by molar-refractivity contribution is 6.24. The molecule has 1 rings (SSSR count). The van der Waals surface area contributed by atoms with Crippen molar-refractivity contribution in [1.29, 1.82) is 5.26 Å². The zero-order valence-electron chi connectivity index (χ0n) is 8.75. The number of nitrogens with zero attached hydrogens (tertiary/aromatic N) is 3. The Hall–Kier alpha value is -2.19. The van der Waals surface area contributed by atoms with E-state index in [0.717, 1.165) is 5.47 Å². The van der Waals surface area contributed by atoms with Crippen LogP contribution in [-0.2, 0) is 4.74 Å². The molecule has 0 saturated heterocycles. The van der Waals surface area contributed by atoms with Crippen molar-refractivity contribution in [1.82, 2.24) is 0 Å². The van der Waals surface area contributed by atoms with Crippen LogP contribution in [0.3, 0.4) is 0 Å². The minimum absolute atomic E-state index is 0.116. The van der Waals surface area contributed by atoms with Gasteiger partial charge in [0, 0.05) is 0 Å². The van der Waals surface area contributed by atoms with Crippen molar-refractivity contribution in [3.8, 4) is 6.07 Å². The first kappa shape index (κ1) is 10.9. The van der Waals surface area contributed by atoms with Gasteiger partial charge >= 0.3 is 0 Å². The first-order valence-corrected chi connectivity index (χ1v) is 4.28. The molecule has 0 atom stereocenters. The quantitative estimate of drug-likeness (QED) is 0.332. The van der Waals surface area contributed by atoms with E-state index in [-0.39, 0.29) is 17.2 Å². The normalized spacial score (nSPS) is 21.0. The lowest BCUT2D eigenvalue weighted by Crippen LogP contribution is -2.21. The second-order valence-electron chi connectivity index (χ2n) is 3.60. The molecule has 0 aromatic rings. The van der Waals surface area contributed by atoms with Gasteiger partial charge in [-0.25, -0.2) is 15.0 Å². The summed E-state index contributed by atoms with van der Waals surface area (Å²) in [7, 11) is 1.78. The van der Waals surface area contributed by atoms with Crippen LogP contribution < -0.4 is 0 Å². The average Bonchev–Trinajstić information content (AvgIpc) is 2.40. The van der Waals surface area contributed by atoms with Crippen LogP contribution in [-0.4, -0.2) is 13.4 Å². The maximum Gasteiger partial charge on any atom is 0.292 e. The van der Waals surface area contributed by atoms with Crippen LogP contribution in [0.2, 0.25) is 0 Å². The van der Waals surface area contributed by atoms with Gasteiger partial charge in [0.2, 0.25) is 5.70 Å². The van der Waals surface area contributed by atoms with E-state index in [0.29, 0.717) is 0 Å². The molecular weight excluding hydrogens is 189 g/mol. The average molecular weight is 197 g/mol. The molecular formula is C10H8BN3O. The van der Waals surface area contributed by atoms with E-state index in [1.165, 1.54) is 0 Å². The Bertz CT molecular complexity index is 478. The van der Waals surface area contributed by atoms with Gasteiger partial charge < -0.3 is 4.74 Å². The first-order chi connectivity index (χ1) is 6.97. The molecule has 0 saturated carbocycles. The summed E-state index contributed by atoms with van der Waals surface area (Å²) in [5.41, 5.74) is 0.268. The third-order valence-electron chi connectivity index (χ3n) is 2.38. The molecule has 0 fully saturated rings. The van der Waals surface area contributed by atoms with E-state index < -0.39 is 5.60 Å². The second-order valence-corrected chi connectivity index (χ2v) is 3.60. The predicted molar refractivity (Wildman–Crippen MR) is 56.6 cm³/mol. The Morgan fingerprint density at radius 2 is 2.13 bits per heavy atom. The SMILES string of the molecule is BC1=C([N+]#[C-])/C(=C(/C#N)[N+]#[C-])OC1(C)C. The number of rotatable bonds is 0. The largest absolute Gasteiger partial charge is 0.507 e. The molecule has 0 amide bonds. The lowest BCUT2D eigenvalue weighted by Gasteiger charge is -2.21. The summed E-state index contributed by atoms with van der Waals surface area (Å²) in [4.78, 5) is 6.37. The number of nitriles is 1. The molecule has 15 heavy (non-hydrogen) atoms. The van der Waals surface area contributed by atoms with Crippen LogP contribution in [0.4, 0.5) is 0 Å². The highest BCUT2D eigenvalue weighted by atomic mass is 16.5. The predicted octanol–water partition coefficient (Wildman–Crippen LogP) is 1.21. The fourth-order valence-corrected chi connectivity index (χ4v) is 1.26. The lowest BCUT2D eigenvalue weighted by atomic mass is 9.82. The van der Waals surface area contributed by atoms with E-state index >= 15 is 0 Å². The maximum absolute atomic E-state index is 8.73. The first-order valence-electron chi connectivity index (χ1n) is 4.28. The Balaban J connectivity index is 3.47. The molecule has 0 N–H and O–H groups in total. The van der Waals surface area contributed by atoms with Gasteiger partial charge in [0.15, 0.2) is 0 Å². The van der Waals surface area contributed by atoms with Crippen LogP contribution in [0.5, 0.6) is 0 Å². The van der Waals surface area contributed by atoms with E-state index in [2.05, 4.69) is 9.69 Å². The molecule has 1 aliphatic heterocycles. The highest BCUT2D eigenvalue weighted by Crippen LogP contribution is 2.38. The molecule has 0 aromatic heterocycles. The molecule has 0 radical (unpaired) electrons. The van der Waals surface area contributed by atoms with Crippen LogP contribution in [0.1, 0.15) is 13.8 Å². The van der Waals surface area contributed by atoms with Crippen molar-refractivity contribution in [2.24, 2.45) is 0 Å². The summed E-state index contributed by atoms with van der Waals surface area (Å²) >= 11 is 0. The van der Waals surface area contributed by atoms with Gasteiger partial charge in [0.25, 0.3) is 5.70 Å².